The first-order chi connectivity index (χ1) is 14.0. The van der Waals surface area contributed by atoms with Crippen molar-refractivity contribution in [2.45, 2.75) is 20.4 Å². The summed E-state index contributed by atoms with van der Waals surface area (Å²) in [6.07, 6.45) is 0. The number of aryl methyl sites for hydroxylation is 1. The molecule has 1 saturated heterocycles. The average Bonchev–Trinajstić information content (AvgIpc) is 2.72. The van der Waals surface area contributed by atoms with Gasteiger partial charge in [0, 0.05) is 38.4 Å². The maximum Gasteiger partial charge on any atom is 0.338 e. The molecule has 1 N–H and O–H groups in total. The second-order valence-electron chi connectivity index (χ2n) is 7.32. The zero-order chi connectivity index (χ0) is 20.6. The molecule has 0 saturated carbocycles. The van der Waals surface area contributed by atoms with Crippen LogP contribution in [0.15, 0.2) is 48.5 Å². The number of benzene rings is 2. The Balaban J connectivity index is 1.43. The van der Waals surface area contributed by atoms with Crippen LogP contribution in [0.4, 0.5) is 5.69 Å². The molecule has 1 heterocycles. The highest BCUT2D eigenvalue weighted by atomic mass is 16.5. The van der Waals surface area contributed by atoms with E-state index in [1.807, 2.05) is 0 Å². The molecule has 2 aromatic rings. The number of piperazine rings is 1. The number of nitrogens with zero attached hydrogens (tertiary/aromatic N) is 2. The Morgan fingerprint density at radius 2 is 1.62 bits per heavy atom. The van der Waals surface area contributed by atoms with E-state index in [4.69, 9.17) is 4.74 Å². The first-order valence-electron chi connectivity index (χ1n) is 10.1. The summed E-state index contributed by atoms with van der Waals surface area (Å²) >= 11 is 0. The molecule has 0 unspecified atom stereocenters. The van der Waals surface area contributed by atoms with Crippen molar-refractivity contribution in [2.75, 3.05) is 44.6 Å². The van der Waals surface area contributed by atoms with E-state index in [9.17, 15) is 9.59 Å². The minimum Gasteiger partial charge on any atom is -0.462 e. The highest BCUT2D eigenvalue weighted by Crippen LogP contribution is 2.13. The van der Waals surface area contributed by atoms with Crippen LogP contribution in [-0.4, -0.2) is 61.0 Å². The number of amides is 1. The number of hydrogen-bond donors (Lipinski definition) is 1. The summed E-state index contributed by atoms with van der Waals surface area (Å²) < 4.78 is 4.97. The number of rotatable bonds is 7. The summed E-state index contributed by atoms with van der Waals surface area (Å²) in [6.45, 7) is 9.25. The fourth-order valence-corrected chi connectivity index (χ4v) is 3.44. The number of nitrogens with one attached hydrogen (secondary N) is 1. The number of esters is 1. The Hall–Kier alpha value is -2.70. The van der Waals surface area contributed by atoms with Crippen molar-refractivity contribution in [3.63, 3.8) is 0 Å². The zero-order valence-corrected chi connectivity index (χ0v) is 17.2. The molecule has 0 atom stereocenters. The van der Waals surface area contributed by atoms with Crippen LogP contribution < -0.4 is 5.32 Å². The van der Waals surface area contributed by atoms with Crippen molar-refractivity contribution < 1.29 is 14.3 Å². The van der Waals surface area contributed by atoms with Crippen molar-refractivity contribution in [1.29, 1.82) is 0 Å². The van der Waals surface area contributed by atoms with Gasteiger partial charge in [0.2, 0.25) is 5.91 Å². The van der Waals surface area contributed by atoms with E-state index >= 15 is 0 Å². The molecule has 0 radical (unpaired) electrons. The van der Waals surface area contributed by atoms with Gasteiger partial charge in [0.05, 0.1) is 18.7 Å². The van der Waals surface area contributed by atoms with Crippen LogP contribution in [0.1, 0.15) is 28.4 Å². The standard InChI is InChI=1S/C23H29N3O3/c1-3-29-23(28)19-8-10-21(11-9-19)24-22(27)17-26-14-12-25(13-15-26)16-20-7-5-4-6-18(20)2/h4-11H,3,12-17H2,1-2H3,(H,24,27). The fraction of sp³-hybridized carbons (Fsp3) is 0.391. The molecule has 29 heavy (non-hydrogen) atoms. The number of ether oxygens (including phenoxy) is 1. The minimum atomic E-state index is -0.353. The van der Waals surface area contributed by atoms with Crippen molar-refractivity contribution >= 4 is 17.6 Å². The summed E-state index contributed by atoms with van der Waals surface area (Å²) in [5.74, 6) is -0.393. The average molecular weight is 396 g/mol. The molecule has 3 rings (SSSR count). The predicted molar refractivity (Wildman–Crippen MR) is 114 cm³/mol. The SMILES string of the molecule is CCOC(=O)c1ccc(NC(=O)CN2CCN(Cc3ccccc3C)CC2)cc1. The Morgan fingerprint density at radius 1 is 0.966 bits per heavy atom. The van der Waals surface area contributed by atoms with E-state index in [1.54, 1.807) is 31.2 Å². The van der Waals surface area contributed by atoms with Crippen molar-refractivity contribution in [3.8, 4) is 0 Å². The quantitative estimate of drug-likeness (QED) is 0.731. The molecule has 0 bridgehead atoms. The van der Waals surface area contributed by atoms with Gasteiger partial charge in [-0.25, -0.2) is 4.79 Å². The molecule has 1 amide bonds. The van der Waals surface area contributed by atoms with Gasteiger partial charge in [-0.2, -0.15) is 0 Å². The van der Waals surface area contributed by atoms with E-state index < -0.39 is 0 Å². The van der Waals surface area contributed by atoms with Gasteiger partial charge in [0.1, 0.15) is 0 Å². The van der Waals surface area contributed by atoms with E-state index in [2.05, 4.69) is 46.3 Å². The molecule has 0 aromatic heterocycles. The van der Waals surface area contributed by atoms with Crippen LogP contribution in [0.2, 0.25) is 0 Å². The maximum atomic E-state index is 12.4. The van der Waals surface area contributed by atoms with Crippen LogP contribution in [0, 0.1) is 6.92 Å². The largest absolute Gasteiger partial charge is 0.462 e. The first kappa shape index (κ1) is 21.0. The lowest BCUT2D eigenvalue weighted by Crippen LogP contribution is -2.48. The lowest BCUT2D eigenvalue weighted by atomic mass is 10.1. The highest BCUT2D eigenvalue weighted by Gasteiger charge is 2.19. The summed E-state index contributed by atoms with van der Waals surface area (Å²) in [7, 11) is 0. The third kappa shape index (κ3) is 6.14. The lowest BCUT2D eigenvalue weighted by Gasteiger charge is -2.34. The summed E-state index contributed by atoms with van der Waals surface area (Å²) in [5, 5.41) is 2.90. The van der Waals surface area contributed by atoms with Crippen molar-refractivity contribution in [3.05, 3.63) is 65.2 Å². The van der Waals surface area contributed by atoms with Crippen LogP contribution in [-0.2, 0) is 16.1 Å². The molecular formula is C23H29N3O3. The summed E-state index contributed by atoms with van der Waals surface area (Å²) in [4.78, 5) is 28.7. The maximum absolute atomic E-state index is 12.4. The van der Waals surface area contributed by atoms with Gasteiger partial charge in [-0.3, -0.25) is 14.6 Å². The van der Waals surface area contributed by atoms with Gasteiger partial charge in [-0.1, -0.05) is 24.3 Å². The molecular weight excluding hydrogens is 366 g/mol. The van der Waals surface area contributed by atoms with Gasteiger partial charge >= 0.3 is 5.97 Å². The van der Waals surface area contributed by atoms with E-state index in [0.29, 0.717) is 24.4 Å². The van der Waals surface area contributed by atoms with E-state index in [-0.39, 0.29) is 11.9 Å². The fourth-order valence-electron chi connectivity index (χ4n) is 3.44. The van der Waals surface area contributed by atoms with Gasteiger partial charge in [-0.05, 0) is 49.2 Å². The predicted octanol–water partition coefficient (Wildman–Crippen LogP) is 2.93. The third-order valence-electron chi connectivity index (χ3n) is 5.17. The lowest BCUT2D eigenvalue weighted by molar-refractivity contribution is -0.117. The summed E-state index contributed by atoms with van der Waals surface area (Å²) in [6, 6.07) is 15.3. The minimum absolute atomic E-state index is 0.0405. The Morgan fingerprint density at radius 3 is 2.28 bits per heavy atom. The number of carbonyl (C=O) groups is 2. The molecule has 1 aliphatic rings. The topological polar surface area (TPSA) is 61.9 Å². The third-order valence-corrected chi connectivity index (χ3v) is 5.17. The Kier molecular flexibility index (Phi) is 7.38. The van der Waals surface area contributed by atoms with Gasteiger partial charge in [-0.15, -0.1) is 0 Å². The first-order valence-corrected chi connectivity index (χ1v) is 10.1. The number of anilines is 1. The van der Waals surface area contributed by atoms with E-state index in [1.165, 1.54) is 11.1 Å². The van der Waals surface area contributed by atoms with Crippen LogP contribution in [0.3, 0.4) is 0 Å². The van der Waals surface area contributed by atoms with Crippen molar-refractivity contribution in [2.24, 2.45) is 0 Å². The van der Waals surface area contributed by atoms with Crippen molar-refractivity contribution in [1.82, 2.24) is 9.80 Å². The molecule has 6 nitrogen and oxygen atoms in total. The van der Waals surface area contributed by atoms with Crippen LogP contribution in [0.25, 0.3) is 0 Å². The molecule has 154 valence electrons. The molecule has 6 heteroatoms. The second-order valence-corrected chi connectivity index (χ2v) is 7.32. The second kappa shape index (κ2) is 10.2. The monoisotopic (exact) mass is 395 g/mol. The Labute approximate surface area is 172 Å². The highest BCUT2D eigenvalue weighted by molar-refractivity contribution is 5.94. The van der Waals surface area contributed by atoms with Crippen LogP contribution in [0.5, 0.6) is 0 Å². The number of hydrogen-bond acceptors (Lipinski definition) is 5. The Bertz CT molecular complexity index is 828. The molecule has 1 aliphatic heterocycles. The van der Waals surface area contributed by atoms with E-state index in [0.717, 1.165) is 32.7 Å². The molecule has 1 fully saturated rings. The zero-order valence-electron chi connectivity index (χ0n) is 17.2. The number of carbonyl (C=O) groups excluding carboxylic acids is 2. The molecule has 2 aromatic carbocycles. The normalized spacial score (nSPS) is 15.1. The molecule has 0 aliphatic carbocycles. The van der Waals surface area contributed by atoms with Gasteiger partial charge in [0.25, 0.3) is 0 Å². The smallest absolute Gasteiger partial charge is 0.338 e. The van der Waals surface area contributed by atoms with Gasteiger partial charge in [0.15, 0.2) is 0 Å². The summed E-state index contributed by atoms with van der Waals surface area (Å²) in [5.41, 5.74) is 3.85. The van der Waals surface area contributed by atoms with Crippen LogP contribution >= 0.6 is 0 Å². The molecule has 0 spiro atoms. The van der Waals surface area contributed by atoms with Gasteiger partial charge < -0.3 is 10.1 Å².